The predicted molar refractivity (Wildman–Crippen MR) is 68.6 cm³/mol. The first-order valence-electron chi connectivity index (χ1n) is 5.51. The number of nitrogens with two attached hydrogens (primary N) is 1. The van der Waals surface area contributed by atoms with Gasteiger partial charge in [-0.15, -0.1) is 11.3 Å². The first kappa shape index (κ1) is 12.9. The minimum absolute atomic E-state index is 0.475. The molecule has 0 radical (unpaired) electrons. The minimum atomic E-state index is -0.820. The third kappa shape index (κ3) is 3.24. The lowest BCUT2D eigenvalue weighted by molar-refractivity contribution is 0.507. The SMILES string of the molecule is NCc1cnc(NCCc2ccc(F)c(F)c2)s1. The number of hydrogen-bond acceptors (Lipinski definition) is 4. The highest BCUT2D eigenvalue weighted by molar-refractivity contribution is 7.15. The maximum absolute atomic E-state index is 13.0. The zero-order valence-electron chi connectivity index (χ0n) is 9.62. The Labute approximate surface area is 108 Å². The molecule has 0 saturated carbocycles. The summed E-state index contributed by atoms with van der Waals surface area (Å²) < 4.78 is 25.7. The number of benzene rings is 1. The molecule has 6 heteroatoms. The van der Waals surface area contributed by atoms with E-state index in [1.807, 2.05) is 0 Å². The van der Waals surface area contributed by atoms with E-state index in [1.54, 1.807) is 12.3 Å². The quantitative estimate of drug-likeness (QED) is 0.877. The highest BCUT2D eigenvalue weighted by Crippen LogP contribution is 2.17. The van der Waals surface area contributed by atoms with E-state index in [0.29, 0.717) is 19.5 Å². The van der Waals surface area contributed by atoms with Gasteiger partial charge in [-0.2, -0.15) is 0 Å². The molecule has 1 heterocycles. The number of thiazole rings is 1. The lowest BCUT2D eigenvalue weighted by Crippen LogP contribution is -2.04. The molecule has 1 aromatic heterocycles. The Morgan fingerprint density at radius 1 is 1.28 bits per heavy atom. The van der Waals surface area contributed by atoms with Gasteiger partial charge in [0.2, 0.25) is 0 Å². The minimum Gasteiger partial charge on any atom is -0.361 e. The van der Waals surface area contributed by atoms with Crippen LogP contribution in [0.4, 0.5) is 13.9 Å². The van der Waals surface area contributed by atoms with Crippen LogP contribution in [0.15, 0.2) is 24.4 Å². The van der Waals surface area contributed by atoms with Crippen LogP contribution in [0.5, 0.6) is 0 Å². The largest absolute Gasteiger partial charge is 0.361 e. The van der Waals surface area contributed by atoms with E-state index in [4.69, 9.17) is 5.73 Å². The molecule has 0 bridgehead atoms. The molecule has 2 rings (SSSR count). The zero-order chi connectivity index (χ0) is 13.0. The average Bonchev–Trinajstić information content (AvgIpc) is 2.82. The highest BCUT2D eigenvalue weighted by atomic mass is 32.1. The summed E-state index contributed by atoms with van der Waals surface area (Å²) in [6, 6.07) is 3.93. The molecular formula is C12H13F2N3S. The van der Waals surface area contributed by atoms with Crippen molar-refractivity contribution in [1.29, 1.82) is 0 Å². The van der Waals surface area contributed by atoms with Crippen LogP contribution in [0.3, 0.4) is 0 Å². The number of nitrogens with one attached hydrogen (secondary N) is 1. The Morgan fingerprint density at radius 2 is 2.11 bits per heavy atom. The molecule has 0 aliphatic heterocycles. The molecule has 0 atom stereocenters. The maximum atomic E-state index is 13.0. The zero-order valence-corrected chi connectivity index (χ0v) is 10.4. The van der Waals surface area contributed by atoms with E-state index >= 15 is 0 Å². The van der Waals surface area contributed by atoms with Gasteiger partial charge in [-0.25, -0.2) is 13.8 Å². The summed E-state index contributed by atoms with van der Waals surface area (Å²) >= 11 is 1.49. The molecule has 96 valence electrons. The van der Waals surface area contributed by atoms with Gasteiger partial charge in [0, 0.05) is 24.2 Å². The van der Waals surface area contributed by atoms with Crippen molar-refractivity contribution in [3.63, 3.8) is 0 Å². The third-order valence-electron chi connectivity index (χ3n) is 2.43. The van der Waals surface area contributed by atoms with Crippen molar-refractivity contribution in [3.05, 3.63) is 46.5 Å². The number of aromatic nitrogens is 1. The van der Waals surface area contributed by atoms with Crippen LogP contribution >= 0.6 is 11.3 Å². The molecule has 0 saturated heterocycles. The number of halogens is 2. The standard InChI is InChI=1S/C12H13F2N3S/c13-10-2-1-8(5-11(10)14)3-4-16-12-17-7-9(6-15)18-12/h1-2,5,7H,3-4,6,15H2,(H,16,17). The predicted octanol–water partition coefficient (Wildman–Crippen LogP) is 2.53. The fourth-order valence-corrected chi connectivity index (χ4v) is 2.21. The van der Waals surface area contributed by atoms with Crippen molar-refractivity contribution >= 4 is 16.5 Å². The van der Waals surface area contributed by atoms with Gasteiger partial charge in [-0.05, 0) is 24.1 Å². The fourth-order valence-electron chi connectivity index (χ4n) is 1.49. The summed E-state index contributed by atoms with van der Waals surface area (Å²) in [6.07, 6.45) is 2.33. The summed E-state index contributed by atoms with van der Waals surface area (Å²) in [7, 11) is 0. The van der Waals surface area contributed by atoms with Gasteiger partial charge in [0.15, 0.2) is 16.8 Å². The van der Waals surface area contributed by atoms with Gasteiger partial charge in [-0.1, -0.05) is 6.07 Å². The molecular weight excluding hydrogens is 256 g/mol. The van der Waals surface area contributed by atoms with Crippen molar-refractivity contribution in [1.82, 2.24) is 4.98 Å². The summed E-state index contributed by atoms with van der Waals surface area (Å²) in [5.41, 5.74) is 6.23. The smallest absolute Gasteiger partial charge is 0.182 e. The molecule has 0 unspecified atom stereocenters. The molecule has 3 nitrogen and oxygen atoms in total. The first-order valence-corrected chi connectivity index (χ1v) is 6.33. The normalized spacial score (nSPS) is 10.6. The number of rotatable bonds is 5. The van der Waals surface area contributed by atoms with Gasteiger partial charge < -0.3 is 11.1 Å². The topological polar surface area (TPSA) is 50.9 Å². The van der Waals surface area contributed by atoms with Crippen LogP contribution in [-0.4, -0.2) is 11.5 Å². The summed E-state index contributed by atoms with van der Waals surface area (Å²) in [5.74, 6) is -1.63. The van der Waals surface area contributed by atoms with Crippen molar-refractivity contribution in [2.75, 3.05) is 11.9 Å². The van der Waals surface area contributed by atoms with Gasteiger partial charge in [0.1, 0.15) is 0 Å². The van der Waals surface area contributed by atoms with Crippen LogP contribution in [-0.2, 0) is 13.0 Å². The molecule has 0 amide bonds. The highest BCUT2D eigenvalue weighted by Gasteiger charge is 2.03. The fraction of sp³-hybridized carbons (Fsp3) is 0.250. The first-order chi connectivity index (χ1) is 8.69. The van der Waals surface area contributed by atoms with E-state index in [1.165, 1.54) is 17.4 Å². The van der Waals surface area contributed by atoms with Gasteiger partial charge >= 0.3 is 0 Å². The average molecular weight is 269 g/mol. The second-order valence-corrected chi connectivity index (χ2v) is 4.88. The third-order valence-corrected chi connectivity index (χ3v) is 3.41. The van der Waals surface area contributed by atoms with Crippen molar-refractivity contribution in [2.45, 2.75) is 13.0 Å². The second kappa shape index (κ2) is 5.88. The molecule has 2 aromatic rings. The van der Waals surface area contributed by atoms with E-state index in [2.05, 4.69) is 10.3 Å². The van der Waals surface area contributed by atoms with E-state index < -0.39 is 11.6 Å². The van der Waals surface area contributed by atoms with Crippen LogP contribution < -0.4 is 11.1 Å². The number of anilines is 1. The molecule has 0 aliphatic rings. The molecule has 3 N–H and O–H groups in total. The number of nitrogens with zero attached hydrogens (tertiary/aromatic N) is 1. The van der Waals surface area contributed by atoms with Gasteiger partial charge in [0.25, 0.3) is 0 Å². The van der Waals surface area contributed by atoms with Crippen molar-refractivity contribution in [3.8, 4) is 0 Å². The summed E-state index contributed by atoms with van der Waals surface area (Å²) in [5, 5.41) is 3.91. The second-order valence-electron chi connectivity index (χ2n) is 3.76. The van der Waals surface area contributed by atoms with Crippen molar-refractivity contribution in [2.24, 2.45) is 5.73 Å². The molecule has 0 aliphatic carbocycles. The maximum Gasteiger partial charge on any atom is 0.182 e. The Bertz CT molecular complexity index is 528. The summed E-state index contributed by atoms with van der Waals surface area (Å²) in [6.45, 7) is 1.09. The molecule has 0 spiro atoms. The molecule has 0 fully saturated rings. The molecule has 18 heavy (non-hydrogen) atoms. The van der Waals surface area contributed by atoms with E-state index in [-0.39, 0.29) is 0 Å². The Kier molecular flexibility index (Phi) is 4.22. The van der Waals surface area contributed by atoms with Gasteiger partial charge in [-0.3, -0.25) is 0 Å². The Hall–Kier alpha value is -1.53. The van der Waals surface area contributed by atoms with Crippen LogP contribution in [0.2, 0.25) is 0 Å². The molecule has 1 aromatic carbocycles. The summed E-state index contributed by atoms with van der Waals surface area (Å²) in [4.78, 5) is 5.15. The number of hydrogen-bond donors (Lipinski definition) is 2. The van der Waals surface area contributed by atoms with Crippen LogP contribution in [0, 0.1) is 11.6 Å². The van der Waals surface area contributed by atoms with E-state index in [0.717, 1.165) is 21.6 Å². The lowest BCUT2D eigenvalue weighted by Gasteiger charge is -2.03. The van der Waals surface area contributed by atoms with Gasteiger partial charge in [0.05, 0.1) is 0 Å². The lowest BCUT2D eigenvalue weighted by atomic mass is 10.1. The van der Waals surface area contributed by atoms with Crippen molar-refractivity contribution < 1.29 is 8.78 Å². The van der Waals surface area contributed by atoms with Crippen LogP contribution in [0.25, 0.3) is 0 Å². The Balaban J connectivity index is 1.86. The Morgan fingerprint density at radius 3 is 2.78 bits per heavy atom. The van der Waals surface area contributed by atoms with Crippen LogP contribution in [0.1, 0.15) is 10.4 Å². The monoisotopic (exact) mass is 269 g/mol. The van der Waals surface area contributed by atoms with E-state index in [9.17, 15) is 8.78 Å².